The standard InChI is InChI=1S/C42H40F4N4O6/c1-22-27(7-5-9-29(22)37-47-31-13-25(18-49-12-11-24(17-49)39(51)52)33(55-40(43)44)15-35(31)53-37)28-8-6-10-30(23(28)2)38-48-32-14-26(19-50-20-42(3,4)21-50)34(56-41(45)46)16-36(32)54-38/h5-10,13-16,24,40-41H,11-12,17-21H2,1-4H3,(H,51,52)/t24-/m1/s1. The summed E-state index contributed by atoms with van der Waals surface area (Å²) in [5, 5.41) is 9.42. The highest BCUT2D eigenvalue weighted by Crippen LogP contribution is 2.40. The minimum absolute atomic E-state index is 0.0553. The fraction of sp³-hybridized carbons (Fsp3) is 0.357. The number of carboxylic acid groups (broad SMARTS) is 1. The number of aliphatic carboxylic acids is 1. The predicted octanol–water partition coefficient (Wildman–Crippen LogP) is 9.54. The van der Waals surface area contributed by atoms with Crippen molar-refractivity contribution in [1.29, 1.82) is 0 Å². The van der Waals surface area contributed by atoms with Crippen LogP contribution in [0.15, 0.2) is 69.5 Å². The number of fused-ring (bicyclic) bond motifs is 2. The van der Waals surface area contributed by atoms with Gasteiger partial charge in [0.1, 0.15) is 22.5 Å². The van der Waals surface area contributed by atoms with E-state index >= 15 is 0 Å². The van der Waals surface area contributed by atoms with Crippen LogP contribution in [0.2, 0.25) is 0 Å². The van der Waals surface area contributed by atoms with Gasteiger partial charge in [0, 0.05) is 67.1 Å². The van der Waals surface area contributed by atoms with E-state index in [-0.39, 0.29) is 29.0 Å². The number of nitrogens with zero attached hydrogens (tertiary/aromatic N) is 4. The Morgan fingerprint density at radius 1 is 0.786 bits per heavy atom. The molecule has 14 heteroatoms. The Labute approximate surface area is 319 Å². The number of aromatic nitrogens is 2. The summed E-state index contributed by atoms with van der Waals surface area (Å²) in [7, 11) is 0. The second-order valence-corrected chi connectivity index (χ2v) is 15.5. The summed E-state index contributed by atoms with van der Waals surface area (Å²) >= 11 is 0. The van der Waals surface area contributed by atoms with Gasteiger partial charge in [0.25, 0.3) is 0 Å². The predicted molar refractivity (Wildman–Crippen MR) is 201 cm³/mol. The Bertz CT molecular complexity index is 2450. The van der Waals surface area contributed by atoms with Gasteiger partial charge in [-0.15, -0.1) is 0 Å². The van der Waals surface area contributed by atoms with Crippen LogP contribution in [0.3, 0.4) is 0 Å². The van der Waals surface area contributed by atoms with Crippen LogP contribution in [0.4, 0.5) is 17.6 Å². The highest BCUT2D eigenvalue weighted by molar-refractivity contribution is 5.85. The highest BCUT2D eigenvalue weighted by Gasteiger charge is 2.35. The normalized spacial score (nSPS) is 17.4. The third-order valence-electron chi connectivity index (χ3n) is 10.7. The first kappa shape index (κ1) is 37.5. The number of benzene rings is 4. The average Bonchev–Trinajstić information content (AvgIpc) is 3.86. The lowest BCUT2D eigenvalue weighted by Gasteiger charge is -2.46. The number of hydrogen-bond donors (Lipinski definition) is 1. The number of ether oxygens (including phenoxy) is 2. The smallest absolute Gasteiger partial charge is 0.387 e. The number of carboxylic acids is 1. The lowest BCUT2D eigenvalue weighted by molar-refractivity contribution is -0.141. The van der Waals surface area contributed by atoms with E-state index < -0.39 is 25.1 Å². The molecule has 292 valence electrons. The summed E-state index contributed by atoms with van der Waals surface area (Å²) in [5.74, 6) is -0.767. The van der Waals surface area contributed by atoms with Gasteiger partial charge in [0.2, 0.25) is 11.8 Å². The maximum atomic E-state index is 13.5. The Hall–Kier alpha value is -5.47. The summed E-state index contributed by atoms with van der Waals surface area (Å²) in [4.78, 5) is 25.1. The van der Waals surface area contributed by atoms with Gasteiger partial charge < -0.3 is 23.4 Å². The van der Waals surface area contributed by atoms with E-state index in [0.29, 0.717) is 71.1 Å². The van der Waals surface area contributed by atoms with E-state index in [2.05, 4.69) is 18.7 Å². The third-order valence-corrected chi connectivity index (χ3v) is 10.7. The molecule has 2 fully saturated rings. The van der Waals surface area contributed by atoms with Crippen molar-refractivity contribution >= 4 is 28.2 Å². The molecule has 2 saturated heterocycles. The molecule has 1 atom stereocenters. The molecule has 8 rings (SSSR count). The molecule has 6 aromatic rings. The van der Waals surface area contributed by atoms with Gasteiger partial charge in [-0.3, -0.25) is 14.6 Å². The topological polar surface area (TPSA) is 114 Å². The summed E-state index contributed by atoms with van der Waals surface area (Å²) < 4.78 is 76.0. The molecule has 1 N–H and O–H groups in total. The Morgan fingerprint density at radius 2 is 1.25 bits per heavy atom. The second kappa shape index (κ2) is 14.6. The van der Waals surface area contributed by atoms with Crippen LogP contribution in [0.25, 0.3) is 56.2 Å². The summed E-state index contributed by atoms with van der Waals surface area (Å²) in [6, 6.07) is 17.8. The molecule has 2 aliphatic heterocycles. The van der Waals surface area contributed by atoms with Crippen LogP contribution < -0.4 is 9.47 Å². The molecule has 0 amide bonds. The first-order valence-corrected chi connectivity index (χ1v) is 18.4. The molecule has 0 aliphatic carbocycles. The molecule has 2 aromatic heterocycles. The van der Waals surface area contributed by atoms with Gasteiger partial charge in [-0.25, -0.2) is 9.97 Å². The van der Waals surface area contributed by atoms with Gasteiger partial charge >= 0.3 is 19.2 Å². The average molecular weight is 773 g/mol. The van der Waals surface area contributed by atoms with Crippen LogP contribution in [0.5, 0.6) is 11.5 Å². The van der Waals surface area contributed by atoms with Crippen molar-refractivity contribution in [2.45, 2.75) is 60.4 Å². The quantitative estimate of drug-likeness (QED) is 0.121. The fourth-order valence-electron chi connectivity index (χ4n) is 8.14. The lowest BCUT2D eigenvalue weighted by Crippen LogP contribution is -2.52. The molecule has 10 nitrogen and oxygen atoms in total. The number of carbonyl (C=O) groups is 1. The van der Waals surface area contributed by atoms with Gasteiger partial charge in [-0.2, -0.15) is 17.6 Å². The van der Waals surface area contributed by atoms with Crippen molar-refractivity contribution < 1.29 is 45.8 Å². The number of alkyl halides is 4. The maximum absolute atomic E-state index is 13.5. The van der Waals surface area contributed by atoms with Gasteiger partial charge in [0.15, 0.2) is 11.2 Å². The number of oxazole rings is 2. The van der Waals surface area contributed by atoms with Crippen LogP contribution in [-0.4, -0.2) is 70.2 Å². The van der Waals surface area contributed by atoms with Crippen molar-refractivity contribution in [1.82, 2.24) is 19.8 Å². The largest absolute Gasteiger partial charge is 0.481 e. The molecule has 0 saturated carbocycles. The van der Waals surface area contributed by atoms with E-state index in [1.54, 1.807) is 12.1 Å². The summed E-state index contributed by atoms with van der Waals surface area (Å²) in [6.07, 6.45) is 0.474. The lowest BCUT2D eigenvalue weighted by atomic mass is 9.84. The molecule has 4 aromatic carbocycles. The van der Waals surface area contributed by atoms with E-state index in [0.717, 1.165) is 40.9 Å². The molecular formula is C42H40F4N4O6. The maximum Gasteiger partial charge on any atom is 0.387 e. The van der Waals surface area contributed by atoms with Crippen LogP contribution >= 0.6 is 0 Å². The number of hydrogen-bond acceptors (Lipinski definition) is 9. The first-order valence-electron chi connectivity index (χ1n) is 18.4. The van der Waals surface area contributed by atoms with E-state index in [9.17, 15) is 27.5 Å². The van der Waals surface area contributed by atoms with Gasteiger partial charge in [-0.05, 0) is 78.7 Å². The molecule has 0 unspecified atom stereocenters. The van der Waals surface area contributed by atoms with Crippen molar-refractivity contribution in [2.75, 3.05) is 26.2 Å². The minimum atomic E-state index is -3.07. The van der Waals surface area contributed by atoms with Crippen LogP contribution in [0, 0.1) is 25.2 Å². The summed E-state index contributed by atoms with van der Waals surface area (Å²) in [5.41, 5.74) is 7.73. The number of likely N-dealkylation sites (tertiary alicyclic amines) is 2. The zero-order valence-electron chi connectivity index (χ0n) is 31.2. The van der Waals surface area contributed by atoms with Crippen molar-refractivity contribution in [2.24, 2.45) is 11.3 Å². The van der Waals surface area contributed by atoms with E-state index in [1.807, 2.05) is 55.1 Å². The monoisotopic (exact) mass is 772 g/mol. The zero-order valence-corrected chi connectivity index (χ0v) is 31.2. The fourth-order valence-corrected chi connectivity index (χ4v) is 8.14. The highest BCUT2D eigenvalue weighted by atomic mass is 19.3. The van der Waals surface area contributed by atoms with E-state index in [4.69, 9.17) is 28.3 Å². The first-order chi connectivity index (χ1) is 26.7. The molecule has 2 aliphatic rings. The van der Waals surface area contributed by atoms with E-state index in [1.165, 1.54) is 12.1 Å². The Kier molecular flexibility index (Phi) is 9.73. The SMILES string of the molecule is Cc1c(-c2nc3cc(CN4CC[C@@H](C(=O)O)C4)c(OC(F)F)cc3o2)cccc1-c1cccc(-c2nc3cc(CN4CC(C)(C)C4)c(OC(F)F)cc3o2)c1C. The summed E-state index contributed by atoms with van der Waals surface area (Å²) in [6.45, 7) is 5.36. The number of halogens is 4. The van der Waals surface area contributed by atoms with Crippen molar-refractivity contribution in [3.05, 3.63) is 82.9 Å². The molecule has 0 bridgehead atoms. The van der Waals surface area contributed by atoms with Crippen LogP contribution in [0.1, 0.15) is 42.5 Å². The molecule has 56 heavy (non-hydrogen) atoms. The van der Waals surface area contributed by atoms with Crippen molar-refractivity contribution in [3.63, 3.8) is 0 Å². The molecule has 0 spiro atoms. The Balaban J connectivity index is 1.11. The molecular weight excluding hydrogens is 732 g/mol. The third kappa shape index (κ3) is 7.42. The molecule has 4 heterocycles. The minimum Gasteiger partial charge on any atom is -0.481 e. The number of rotatable bonds is 12. The second-order valence-electron chi connectivity index (χ2n) is 15.5. The van der Waals surface area contributed by atoms with Gasteiger partial charge in [0.05, 0.1) is 5.92 Å². The zero-order chi connectivity index (χ0) is 39.5. The van der Waals surface area contributed by atoms with Gasteiger partial charge in [-0.1, -0.05) is 38.1 Å². The Morgan fingerprint density at radius 3 is 1.68 bits per heavy atom. The van der Waals surface area contributed by atoms with Crippen LogP contribution in [-0.2, 0) is 17.9 Å². The molecule has 0 radical (unpaired) electrons. The van der Waals surface area contributed by atoms with Crippen molar-refractivity contribution in [3.8, 4) is 45.5 Å².